The molecule has 2 aromatic rings. The van der Waals surface area contributed by atoms with Gasteiger partial charge in [-0.25, -0.2) is 9.59 Å². The number of amides is 2. The maximum atomic E-state index is 11.8. The van der Waals surface area contributed by atoms with E-state index in [1.54, 1.807) is 0 Å². The molecule has 2 rings (SSSR count). The Bertz CT molecular complexity index is 814. The molecule has 0 radical (unpaired) electrons. The van der Waals surface area contributed by atoms with Crippen molar-refractivity contribution in [3.8, 4) is 0 Å². The molecule has 8 heteroatoms. The molecule has 6 nitrogen and oxygen atoms in total. The molecule has 1 heterocycles. The predicted octanol–water partition coefficient (Wildman–Crippen LogP) is 3.38. The molecule has 1 atom stereocenters. The van der Waals surface area contributed by atoms with Crippen LogP contribution in [0.15, 0.2) is 30.3 Å². The van der Waals surface area contributed by atoms with E-state index >= 15 is 0 Å². The van der Waals surface area contributed by atoms with Gasteiger partial charge in [-0.3, -0.25) is 10.1 Å². The van der Waals surface area contributed by atoms with Crippen molar-refractivity contribution in [3.05, 3.63) is 40.2 Å². The Kier molecular flexibility index (Phi) is 5.94. The van der Waals surface area contributed by atoms with Crippen LogP contribution in [0.4, 0.5) is 4.79 Å². The van der Waals surface area contributed by atoms with Crippen LogP contribution in [0.25, 0.3) is 16.2 Å². The van der Waals surface area contributed by atoms with Crippen molar-refractivity contribution in [2.45, 2.75) is 13.0 Å². The highest BCUT2D eigenvalue weighted by Gasteiger charge is 2.19. The molecule has 126 valence electrons. The van der Waals surface area contributed by atoms with Gasteiger partial charge in [-0.2, -0.15) is 0 Å². The number of hydrogen-bond donors (Lipinski definition) is 1. The van der Waals surface area contributed by atoms with Gasteiger partial charge in [-0.05, 0) is 19.1 Å². The first-order chi connectivity index (χ1) is 11.4. The van der Waals surface area contributed by atoms with Gasteiger partial charge < -0.3 is 9.47 Å². The molecule has 0 saturated carbocycles. The van der Waals surface area contributed by atoms with E-state index in [0.717, 1.165) is 17.2 Å². The van der Waals surface area contributed by atoms with E-state index in [1.807, 2.05) is 29.6 Å². The summed E-state index contributed by atoms with van der Waals surface area (Å²) in [4.78, 5) is 35.0. The minimum absolute atomic E-state index is 0.552. The smallest absolute Gasteiger partial charge is 0.413 e. The average Bonchev–Trinajstić information content (AvgIpc) is 2.89. The number of imide groups is 1. The van der Waals surface area contributed by atoms with Crippen LogP contribution in [0.3, 0.4) is 0 Å². The number of nitrogens with one attached hydrogen (secondary N) is 1. The molecule has 0 bridgehead atoms. The Balaban J connectivity index is 2.00. The number of esters is 1. The monoisotopic (exact) mass is 367 g/mol. The first-order valence-corrected chi connectivity index (χ1v) is 8.06. The highest BCUT2D eigenvalue weighted by atomic mass is 35.5. The zero-order chi connectivity index (χ0) is 17.7. The lowest BCUT2D eigenvalue weighted by Gasteiger charge is -2.10. The summed E-state index contributed by atoms with van der Waals surface area (Å²) < 4.78 is 10.2. The predicted molar refractivity (Wildman–Crippen MR) is 92.0 cm³/mol. The molecule has 1 N–H and O–H groups in total. The molecule has 0 aliphatic heterocycles. The maximum absolute atomic E-state index is 11.8. The third kappa shape index (κ3) is 4.33. The van der Waals surface area contributed by atoms with Crippen molar-refractivity contribution in [1.29, 1.82) is 0 Å². The van der Waals surface area contributed by atoms with Crippen LogP contribution in [-0.2, 0) is 19.1 Å². The normalized spacial score (nSPS) is 12.1. The zero-order valence-corrected chi connectivity index (χ0v) is 14.4. The van der Waals surface area contributed by atoms with Crippen LogP contribution >= 0.6 is 22.9 Å². The van der Waals surface area contributed by atoms with Crippen LogP contribution in [0.5, 0.6) is 0 Å². The second-order valence-corrected chi connectivity index (χ2v) is 6.13. The number of methoxy groups -OCH3 is 1. The van der Waals surface area contributed by atoms with Gasteiger partial charge in [0.1, 0.15) is 0 Å². The lowest BCUT2D eigenvalue weighted by molar-refractivity contribution is -0.149. The first kappa shape index (κ1) is 18.0. The summed E-state index contributed by atoms with van der Waals surface area (Å²) in [5.74, 6) is -1.50. The van der Waals surface area contributed by atoms with Crippen molar-refractivity contribution in [2.75, 3.05) is 7.11 Å². The molecule has 2 amide bonds. The molecule has 0 aliphatic rings. The largest absolute Gasteiger partial charge is 0.453 e. The Labute approximate surface area is 147 Å². The van der Waals surface area contributed by atoms with E-state index in [2.05, 4.69) is 4.74 Å². The van der Waals surface area contributed by atoms with Crippen LogP contribution in [0.2, 0.25) is 5.02 Å². The van der Waals surface area contributed by atoms with Crippen LogP contribution < -0.4 is 5.32 Å². The van der Waals surface area contributed by atoms with Crippen molar-refractivity contribution in [1.82, 2.24) is 5.32 Å². The van der Waals surface area contributed by atoms with Crippen molar-refractivity contribution < 1.29 is 23.9 Å². The number of ether oxygens (including phenoxy) is 2. The molecule has 0 unspecified atom stereocenters. The maximum Gasteiger partial charge on any atom is 0.413 e. The van der Waals surface area contributed by atoms with E-state index in [-0.39, 0.29) is 0 Å². The van der Waals surface area contributed by atoms with E-state index in [0.29, 0.717) is 9.90 Å². The number of hydrogen-bond acceptors (Lipinski definition) is 6. The molecule has 24 heavy (non-hydrogen) atoms. The minimum Gasteiger partial charge on any atom is -0.453 e. The van der Waals surface area contributed by atoms with E-state index < -0.39 is 24.1 Å². The first-order valence-electron chi connectivity index (χ1n) is 6.87. The second kappa shape index (κ2) is 7.94. The van der Waals surface area contributed by atoms with Crippen molar-refractivity contribution in [2.24, 2.45) is 0 Å². The van der Waals surface area contributed by atoms with Crippen molar-refractivity contribution in [3.63, 3.8) is 0 Å². The van der Waals surface area contributed by atoms with E-state index in [4.69, 9.17) is 16.3 Å². The van der Waals surface area contributed by atoms with Gasteiger partial charge in [0, 0.05) is 21.0 Å². The highest BCUT2D eigenvalue weighted by Crippen LogP contribution is 2.35. The Morgan fingerprint density at radius 2 is 2.00 bits per heavy atom. The number of halogens is 1. The Morgan fingerprint density at radius 1 is 1.29 bits per heavy atom. The number of rotatable bonds is 4. The summed E-state index contributed by atoms with van der Waals surface area (Å²) in [6, 6.07) is 7.60. The Morgan fingerprint density at radius 3 is 2.67 bits per heavy atom. The second-order valence-electron chi connectivity index (χ2n) is 4.67. The standard InChI is InChI=1S/C16H14ClNO5S/c1-9(15(20)18-16(21)22-2)23-13(19)8-7-12-14(17)10-5-3-4-6-11(10)24-12/h3-9H,1-2H3,(H,18,20,21)/b8-7+/t9-/m0/s1. The molecular weight excluding hydrogens is 354 g/mol. The summed E-state index contributed by atoms with van der Waals surface area (Å²) >= 11 is 7.70. The highest BCUT2D eigenvalue weighted by molar-refractivity contribution is 7.20. The van der Waals surface area contributed by atoms with Crippen molar-refractivity contribution >= 4 is 57.1 Å². The van der Waals surface area contributed by atoms with Gasteiger partial charge in [0.15, 0.2) is 6.10 Å². The fourth-order valence-corrected chi connectivity index (χ4v) is 3.20. The molecule has 1 aromatic heterocycles. The Hall–Kier alpha value is -2.38. The summed E-state index contributed by atoms with van der Waals surface area (Å²) in [6.45, 7) is 1.34. The fraction of sp³-hybridized carbons (Fsp3) is 0.188. The fourth-order valence-electron chi connectivity index (χ4n) is 1.80. The third-order valence-electron chi connectivity index (χ3n) is 3.00. The molecule has 1 aromatic carbocycles. The SMILES string of the molecule is COC(=O)NC(=O)[C@H](C)OC(=O)/C=C/c1sc2ccccc2c1Cl. The number of alkyl carbamates (subject to hydrolysis) is 1. The third-order valence-corrected chi connectivity index (χ3v) is 4.66. The lowest BCUT2D eigenvalue weighted by atomic mass is 10.2. The van der Waals surface area contributed by atoms with Gasteiger partial charge in [0.25, 0.3) is 5.91 Å². The number of thiophene rings is 1. The van der Waals surface area contributed by atoms with E-state index in [9.17, 15) is 14.4 Å². The molecule has 0 saturated heterocycles. The number of fused-ring (bicyclic) bond motifs is 1. The minimum atomic E-state index is -1.14. The van der Waals surface area contributed by atoms with E-state index in [1.165, 1.54) is 30.4 Å². The van der Waals surface area contributed by atoms with Gasteiger partial charge in [-0.15, -0.1) is 11.3 Å². The lowest BCUT2D eigenvalue weighted by Crippen LogP contribution is -2.39. The average molecular weight is 368 g/mol. The van der Waals surface area contributed by atoms with Gasteiger partial charge in [-0.1, -0.05) is 29.8 Å². The molecular formula is C16H14ClNO5S. The van der Waals surface area contributed by atoms with Gasteiger partial charge in [0.05, 0.1) is 12.1 Å². The zero-order valence-electron chi connectivity index (χ0n) is 12.9. The molecule has 0 aliphatic carbocycles. The summed E-state index contributed by atoms with van der Waals surface area (Å²) in [5.41, 5.74) is 0. The quantitative estimate of drug-likeness (QED) is 0.661. The van der Waals surface area contributed by atoms with Crippen LogP contribution in [0, 0.1) is 0 Å². The molecule has 0 spiro atoms. The topological polar surface area (TPSA) is 81.7 Å². The van der Waals surface area contributed by atoms with Gasteiger partial charge >= 0.3 is 12.1 Å². The number of carbonyl (C=O) groups is 3. The summed E-state index contributed by atoms with van der Waals surface area (Å²) in [7, 11) is 1.12. The number of carbonyl (C=O) groups excluding carboxylic acids is 3. The summed E-state index contributed by atoms with van der Waals surface area (Å²) in [5, 5.41) is 3.37. The molecule has 0 fully saturated rings. The van der Waals surface area contributed by atoms with Crippen LogP contribution in [-0.4, -0.2) is 31.2 Å². The number of benzene rings is 1. The van der Waals surface area contributed by atoms with Crippen LogP contribution in [0.1, 0.15) is 11.8 Å². The summed E-state index contributed by atoms with van der Waals surface area (Å²) in [6.07, 6.45) is 0.647. The van der Waals surface area contributed by atoms with Gasteiger partial charge in [0.2, 0.25) is 0 Å².